The highest BCUT2D eigenvalue weighted by atomic mass is 16.2. The number of hydrogen-bond acceptors (Lipinski definition) is 8. The zero-order chi connectivity index (χ0) is 28.1. The Labute approximate surface area is 210 Å². The van der Waals surface area contributed by atoms with Gasteiger partial charge < -0.3 is 0 Å². The van der Waals surface area contributed by atoms with Crippen LogP contribution >= 0.6 is 0 Å². The average Bonchev–Trinajstić information content (AvgIpc) is 2.88. The van der Waals surface area contributed by atoms with Crippen molar-refractivity contribution in [2.45, 2.75) is 81.1 Å². The van der Waals surface area contributed by atoms with E-state index in [-0.39, 0.29) is 18.4 Å². The van der Waals surface area contributed by atoms with Gasteiger partial charge in [0.25, 0.3) is 34.7 Å². The first-order chi connectivity index (χ1) is 16.6. The summed E-state index contributed by atoms with van der Waals surface area (Å²) in [4.78, 5) is 97.5. The van der Waals surface area contributed by atoms with Crippen LogP contribution in [0.5, 0.6) is 0 Å². The minimum atomic E-state index is -2.12. The van der Waals surface area contributed by atoms with Crippen molar-refractivity contribution in [3.63, 3.8) is 0 Å². The summed E-state index contributed by atoms with van der Waals surface area (Å²) in [7, 11) is 0. The molecule has 0 amide bonds. The first-order valence-electron chi connectivity index (χ1n) is 11.6. The Kier molecular flexibility index (Phi) is 10.4. The fourth-order valence-corrected chi connectivity index (χ4v) is 3.69. The molecule has 0 saturated carbocycles. The van der Waals surface area contributed by atoms with Gasteiger partial charge in [-0.1, -0.05) is 5.57 Å². The summed E-state index contributed by atoms with van der Waals surface area (Å²) in [5.74, 6) is -14.2. The molecule has 0 aromatic carbocycles. The second-order valence-electron chi connectivity index (χ2n) is 9.09. The predicted octanol–water partition coefficient (Wildman–Crippen LogP) is 3.46. The number of allylic oxidation sites excluding steroid dienone is 8. The predicted molar refractivity (Wildman–Crippen MR) is 132 cm³/mol. The first-order valence-corrected chi connectivity index (χ1v) is 11.6. The summed E-state index contributed by atoms with van der Waals surface area (Å²) in [6.45, 7) is 14.4. The smallest absolute Gasteiger partial charge is 0.281 e. The third kappa shape index (κ3) is 6.50. The Balaban J connectivity index is 3.70. The lowest BCUT2D eigenvalue weighted by Crippen LogP contribution is -2.42. The third-order valence-corrected chi connectivity index (χ3v) is 7.05. The molecule has 0 fully saturated rings. The van der Waals surface area contributed by atoms with E-state index in [0.717, 1.165) is 27.9 Å². The highest BCUT2D eigenvalue weighted by Gasteiger charge is 2.40. The van der Waals surface area contributed by atoms with Crippen LogP contribution in [-0.2, 0) is 38.4 Å². The van der Waals surface area contributed by atoms with E-state index in [1.165, 1.54) is 6.92 Å². The number of hydrogen-bond donors (Lipinski definition) is 0. The number of rotatable bonds is 0. The van der Waals surface area contributed by atoms with Crippen molar-refractivity contribution >= 4 is 46.3 Å². The molecule has 0 spiro atoms. The molecule has 0 bridgehead atoms. The molecule has 1 rings (SSSR count). The van der Waals surface area contributed by atoms with Crippen LogP contribution in [0, 0.1) is 0 Å². The van der Waals surface area contributed by atoms with Gasteiger partial charge in [0.1, 0.15) is 0 Å². The van der Waals surface area contributed by atoms with Gasteiger partial charge in [-0.2, -0.15) is 0 Å². The summed E-state index contributed by atoms with van der Waals surface area (Å²) < 4.78 is 0. The fourth-order valence-electron chi connectivity index (χ4n) is 3.69. The van der Waals surface area contributed by atoms with Crippen LogP contribution in [-0.4, -0.2) is 46.3 Å². The molecule has 1 aliphatic carbocycles. The van der Waals surface area contributed by atoms with Crippen LogP contribution in [0.4, 0.5) is 0 Å². The van der Waals surface area contributed by atoms with Gasteiger partial charge in [0.2, 0.25) is 11.6 Å². The normalized spacial score (nSPS) is 27.8. The number of carbonyl (C=O) groups is 8. The van der Waals surface area contributed by atoms with Crippen molar-refractivity contribution in [3.8, 4) is 0 Å². The zero-order valence-electron chi connectivity index (χ0n) is 22.1. The van der Waals surface area contributed by atoms with Gasteiger partial charge in [0.05, 0.1) is 0 Å². The molecule has 1 aliphatic rings. The number of Topliss-reactive ketones (excluding diaryl/α,β-unsaturated/α-hetero) is 8. The van der Waals surface area contributed by atoms with Crippen molar-refractivity contribution in [2.75, 3.05) is 0 Å². The van der Waals surface area contributed by atoms with Gasteiger partial charge in [-0.3, -0.25) is 38.4 Å². The minimum Gasteiger partial charge on any atom is -0.290 e. The van der Waals surface area contributed by atoms with Gasteiger partial charge in [0.15, 0.2) is 0 Å². The van der Waals surface area contributed by atoms with Crippen LogP contribution in [0.1, 0.15) is 81.1 Å². The van der Waals surface area contributed by atoms with Gasteiger partial charge >= 0.3 is 0 Å². The molecule has 0 heterocycles. The highest BCUT2D eigenvalue weighted by Crippen LogP contribution is 2.29. The molecule has 8 heteroatoms. The Morgan fingerprint density at radius 2 is 0.639 bits per heavy atom. The average molecular weight is 497 g/mol. The molecule has 0 saturated heterocycles. The van der Waals surface area contributed by atoms with E-state index >= 15 is 0 Å². The monoisotopic (exact) mass is 496 g/mol. The van der Waals surface area contributed by atoms with E-state index in [1.807, 2.05) is 34.6 Å². The summed E-state index contributed by atoms with van der Waals surface area (Å²) in [5.41, 5.74) is 5.96. The van der Waals surface area contributed by atoms with Crippen LogP contribution in [0.2, 0.25) is 0 Å². The maximum atomic E-state index is 12.6. The van der Waals surface area contributed by atoms with Crippen molar-refractivity contribution in [1.82, 2.24) is 0 Å². The Hall–Kier alpha value is -3.68. The molecule has 0 atom stereocenters. The summed E-state index contributed by atoms with van der Waals surface area (Å²) in [6, 6.07) is 0. The van der Waals surface area contributed by atoms with Crippen LogP contribution < -0.4 is 0 Å². The second kappa shape index (κ2) is 12.3. The molecule has 36 heavy (non-hydrogen) atoms. The summed E-state index contributed by atoms with van der Waals surface area (Å²) in [6.07, 6.45) is 1.12. The van der Waals surface area contributed by atoms with Gasteiger partial charge in [-0.05, 0) is 108 Å². The molecule has 192 valence electrons. The minimum absolute atomic E-state index is 0.105. The van der Waals surface area contributed by atoms with E-state index in [9.17, 15) is 38.4 Å². The standard InChI is InChI=1S/C28H32O8/c1-13-11-9-10-12-21(29)23(31)25(33)27(35)28(36)26(34)24(32)22(30)20(8)19(7)18(6)17(5)16(4)15(3)14(13)2/h9-12H2,1-8H3/b14-13-,16-15-,18-17-,20-19-. The summed E-state index contributed by atoms with van der Waals surface area (Å²) >= 11 is 0. The SMILES string of the molecule is C/C1=C(C)/C(C)=C(C)\C(C)=C(C)/C(C)=C(/C)C(=O)C(=O)C(=O)C(=O)C(=O)C(=O)C(=O)C(=O)CCCC1. The Morgan fingerprint density at radius 3 is 1.08 bits per heavy atom. The molecule has 0 aromatic rings. The highest BCUT2D eigenvalue weighted by molar-refractivity contribution is 6.98. The molecule has 0 aliphatic heterocycles. The molecular weight excluding hydrogens is 464 g/mol. The fraction of sp³-hybridized carbons (Fsp3) is 0.429. The first kappa shape index (κ1) is 30.4. The van der Waals surface area contributed by atoms with E-state index in [2.05, 4.69) is 0 Å². The van der Waals surface area contributed by atoms with Crippen molar-refractivity contribution in [2.24, 2.45) is 0 Å². The van der Waals surface area contributed by atoms with Gasteiger partial charge in [0, 0.05) is 12.0 Å². The zero-order valence-corrected chi connectivity index (χ0v) is 22.1. The molecule has 0 N–H and O–H groups in total. The van der Waals surface area contributed by atoms with Gasteiger partial charge in [-0.15, -0.1) is 0 Å². The molecule has 0 radical (unpaired) electrons. The summed E-state index contributed by atoms with van der Waals surface area (Å²) in [5, 5.41) is 0. The van der Waals surface area contributed by atoms with E-state index in [1.54, 1.807) is 13.8 Å². The molecule has 0 unspecified atom stereocenters. The van der Waals surface area contributed by atoms with E-state index < -0.39 is 46.3 Å². The maximum Gasteiger partial charge on any atom is 0.281 e. The van der Waals surface area contributed by atoms with Crippen LogP contribution in [0.15, 0.2) is 44.6 Å². The van der Waals surface area contributed by atoms with Gasteiger partial charge in [-0.25, -0.2) is 0 Å². The molecule has 0 aromatic heterocycles. The lowest BCUT2D eigenvalue weighted by Gasteiger charge is -2.16. The maximum absolute atomic E-state index is 12.6. The Bertz CT molecular complexity index is 1230. The molecular formula is C28H32O8. The van der Waals surface area contributed by atoms with E-state index in [0.29, 0.717) is 24.0 Å². The van der Waals surface area contributed by atoms with Crippen molar-refractivity contribution in [3.05, 3.63) is 44.6 Å². The lowest BCUT2D eigenvalue weighted by molar-refractivity contribution is -0.154. The lowest BCUT2D eigenvalue weighted by atomic mass is 9.88. The number of carbonyl (C=O) groups excluding carboxylic acids is 8. The topological polar surface area (TPSA) is 137 Å². The van der Waals surface area contributed by atoms with Crippen molar-refractivity contribution < 1.29 is 38.4 Å². The van der Waals surface area contributed by atoms with E-state index in [4.69, 9.17) is 0 Å². The van der Waals surface area contributed by atoms with Crippen molar-refractivity contribution in [1.29, 1.82) is 0 Å². The van der Waals surface area contributed by atoms with Crippen LogP contribution in [0.25, 0.3) is 0 Å². The largest absolute Gasteiger partial charge is 0.290 e. The third-order valence-electron chi connectivity index (χ3n) is 7.05. The Morgan fingerprint density at radius 1 is 0.333 bits per heavy atom. The second-order valence-corrected chi connectivity index (χ2v) is 9.09. The number of ketones is 8. The quantitative estimate of drug-likeness (QED) is 0.465. The molecule has 8 nitrogen and oxygen atoms in total. The van der Waals surface area contributed by atoms with Crippen LogP contribution in [0.3, 0.4) is 0 Å².